The molecule has 0 radical (unpaired) electrons. The minimum absolute atomic E-state index is 0.0705. The fourth-order valence-electron chi connectivity index (χ4n) is 1.93. The second-order valence-electron chi connectivity index (χ2n) is 4.29. The molecule has 1 aromatic heterocycles. The quantitative estimate of drug-likeness (QED) is 0.287. The molecule has 0 aliphatic heterocycles. The Kier molecular flexibility index (Phi) is 3.85. The number of aromatic amines is 1. The fraction of sp³-hybridized carbons (Fsp3) is 0. The van der Waals surface area contributed by atoms with Crippen LogP contribution in [0.4, 0.5) is 0 Å². The van der Waals surface area contributed by atoms with Crippen LogP contribution in [0.1, 0.15) is 5.56 Å². The Morgan fingerprint density at radius 3 is 2.86 bits per heavy atom. The summed E-state index contributed by atoms with van der Waals surface area (Å²) in [6.07, 6.45) is 0. The number of nitrogens with zero attached hydrogens (tertiary/aromatic N) is 2. The molecule has 2 aromatic carbocycles. The molecule has 3 rings (SSSR count). The predicted molar refractivity (Wildman–Crippen MR) is 86.9 cm³/mol. The summed E-state index contributed by atoms with van der Waals surface area (Å²) < 4.78 is 0.913. The average Bonchev–Trinajstić information content (AvgIpc) is 2.89. The van der Waals surface area contributed by atoms with Crippen LogP contribution in [0.2, 0.25) is 0 Å². The van der Waals surface area contributed by atoms with Gasteiger partial charge in [0.2, 0.25) is 0 Å². The summed E-state index contributed by atoms with van der Waals surface area (Å²) in [5.41, 5.74) is 8.25. The van der Waals surface area contributed by atoms with Gasteiger partial charge in [-0.1, -0.05) is 45.0 Å². The maximum absolute atomic E-state index is 8.88. The highest BCUT2D eigenvalue weighted by molar-refractivity contribution is 9.10. The van der Waals surface area contributed by atoms with E-state index in [0.717, 1.165) is 25.6 Å². The summed E-state index contributed by atoms with van der Waals surface area (Å²) in [6.45, 7) is 0. The van der Waals surface area contributed by atoms with Gasteiger partial charge in [-0.15, -0.1) is 0 Å². The van der Waals surface area contributed by atoms with E-state index in [1.165, 1.54) is 11.8 Å². The zero-order valence-electron chi connectivity index (χ0n) is 10.7. The molecule has 0 saturated heterocycles. The number of halogens is 1. The summed E-state index contributed by atoms with van der Waals surface area (Å²) in [6, 6.07) is 13.4. The van der Waals surface area contributed by atoms with E-state index in [1.54, 1.807) is 6.07 Å². The Morgan fingerprint density at radius 1 is 1.29 bits per heavy atom. The van der Waals surface area contributed by atoms with Crippen LogP contribution in [0.15, 0.2) is 62.1 Å². The van der Waals surface area contributed by atoms with E-state index in [2.05, 4.69) is 31.1 Å². The molecule has 0 saturated carbocycles. The van der Waals surface area contributed by atoms with Crippen molar-refractivity contribution in [1.29, 1.82) is 0 Å². The number of nitrogens with two attached hydrogens (primary N) is 1. The number of imidazole rings is 1. The van der Waals surface area contributed by atoms with E-state index in [9.17, 15) is 0 Å². The van der Waals surface area contributed by atoms with Gasteiger partial charge in [0, 0.05) is 14.9 Å². The standard InChI is InChI=1S/C14H11BrN4OS/c15-8-5-6-9(13(16)19-20)12(7-8)21-14-17-10-3-1-2-4-11(10)18-14/h1-7,20H,(H2,16,19)(H,17,18). The monoisotopic (exact) mass is 362 g/mol. The number of amidine groups is 1. The molecular formula is C14H11BrN4OS. The van der Waals surface area contributed by atoms with Gasteiger partial charge in [-0.2, -0.15) is 0 Å². The molecule has 4 N–H and O–H groups in total. The zero-order valence-corrected chi connectivity index (χ0v) is 13.1. The van der Waals surface area contributed by atoms with Crippen molar-refractivity contribution < 1.29 is 5.21 Å². The molecule has 0 amide bonds. The van der Waals surface area contributed by atoms with Crippen LogP contribution >= 0.6 is 27.7 Å². The summed E-state index contributed by atoms with van der Waals surface area (Å²) in [5.74, 6) is 0.0705. The highest BCUT2D eigenvalue weighted by atomic mass is 79.9. The first-order valence-electron chi connectivity index (χ1n) is 6.07. The lowest BCUT2D eigenvalue weighted by Gasteiger charge is -2.06. The van der Waals surface area contributed by atoms with E-state index in [1.807, 2.05) is 36.4 Å². The maximum Gasteiger partial charge on any atom is 0.171 e. The number of hydrogen-bond acceptors (Lipinski definition) is 4. The third-order valence-electron chi connectivity index (χ3n) is 2.90. The predicted octanol–water partition coefficient (Wildman–Crippen LogP) is 3.57. The van der Waals surface area contributed by atoms with Gasteiger partial charge in [-0.3, -0.25) is 0 Å². The second-order valence-corrected chi connectivity index (χ2v) is 6.23. The first kappa shape index (κ1) is 14.0. The van der Waals surface area contributed by atoms with Crippen molar-refractivity contribution in [3.63, 3.8) is 0 Å². The molecule has 0 unspecified atom stereocenters. The average molecular weight is 363 g/mol. The minimum Gasteiger partial charge on any atom is -0.409 e. The number of H-pyrrole nitrogens is 1. The van der Waals surface area contributed by atoms with Crippen LogP contribution in [0, 0.1) is 0 Å². The van der Waals surface area contributed by atoms with Crippen LogP contribution in [0.3, 0.4) is 0 Å². The van der Waals surface area contributed by atoms with Crippen molar-refractivity contribution >= 4 is 44.6 Å². The number of fused-ring (bicyclic) bond motifs is 1. The van der Waals surface area contributed by atoms with Gasteiger partial charge in [0.05, 0.1) is 11.0 Å². The zero-order chi connectivity index (χ0) is 14.8. The van der Waals surface area contributed by atoms with Crippen molar-refractivity contribution in [2.24, 2.45) is 10.9 Å². The first-order chi connectivity index (χ1) is 10.2. The molecule has 0 bridgehead atoms. The van der Waals surface area contributed by atoms with Crippen LogP contribution in [-0.2, 0) is 0 Å². The first-order valence-corrected chi connectivity index (χ1v) is 7.68. The van der Waals surface area contributed by atoms with Gasteiger partial charge >= 0.3 is 0 Å². The molecular weight excluding hydrogens is 352 g/mol. The van der Waals surface area contributed by atoms with Gasteiger partial charge in [-0.25, -0.2) is 4.98 Å². The van der Waals surface area contributed by atoms with E-state index in [0.29, 0.717) is 5.56 Å². The van der Waals surface area contributed by atoms with Crippen molar-refractivity contribution in [2.45, 2.75) is 10.1 Å². The number of para-hydroxylation sites is 2. The Bertz CT molecular complexity index is 798. The third kappa shape index (κ3) is 2.88. The van der Waals surface area contributed by atoms with E-state index >= 15 is 0 Å². The molecule has 0 fully saturated rings. The molecule has 0 aliphatic rings. The Hall–Kier alpha value is -1.99. The van der Waals surface area contributed by atoms with Gasteiger partial charge in [0.15, 0.2) is 11.0 Å². The summed E-state index contributed by atoms with van der Waals surface area (Å²) in [7, 11) is 0. The number of nitrogens with one attached hydrogen (secondary N) is 1. The lowest BCUT2D eigenvalue weighted by Crippen LogP contribution is -2.14. The summed E-state index contributed by atoms with van der Waals surface area (Å²) >= 11 is 4.86. The van der Waals surface area contributed by atoms with E-state index in [4.69, 9.17) is 10.9 Å². The number of aromatic nitrogens is 2. The highest BCUT2D eigenvalue weighted by Crippen LogP contribution is 2.32. The number of oxime groups is 1. The molecule has 0 atom stereocenters. The maximum atomic E-state index is 8.88. The minimum atomic E-state index is 0.0705. The smallest absolute Gasteiger partial charge is 0.171 e. The normalized spacial score (nSPS) is 12.0. The Balaban J connectivity index is 2.02. The molecule has 1 heterocycles. The van der Waals surface area contributed by atoms with Crippen molar-refractivity contribution in [1.82, 2.24) is 9.97 Å². The van der Waals surface area contributed by atoms with Crippen LogP contribution < -0.4 is 5.73 Å². The van der Waals surface area contributed by atoms with Crippen LogP contribution in [0.25, 0.3) is 11.0 Å². The summed E-state index contributed by atoms with van der Waals surface area (Å²) in [4.78, 5) is 8.60. The largest absolute Gasteiger partial charge is 0.409 e. The molecule has 3 aromatic rings. The van der Waals surface area contributed by atoms with Crippen molar-refractivity contribution in [3.8, 4) is 0 Å². The van der Waals surface area contributed by atoms with Crippen molar-refractivity contribution in [3.05, 3.63) is 52.5 Å². The molecule has 106 valence electrons. The number of hydrogen-bond donors (Lipinski definition) is 3. The second kappa shape index (κ2) is 5.79. The third-order valence-corrected chi connectivity index (χ3v) is 4.34. The lowest BCUT2D eigenvalue weighted by molar-refractivity contribution is 0.318. The molecule has 7 heteroatoms. The number of rotatable bonds is 3. The van der Waals surface area contributed by atoms with Crippen LogP contribution in [-0.4, -0.2) is 21.0 Å². The van der Waals surface area contributed by atoms with Gasteiger partial charge in [0.1, 0.15) is 0 Å². The van der Waals surface area contributed by atoms with Gasteiger partial charge in [-0.05, 0) is 30.3 Å². The molecule has 21 heavy (non-hydrogen) atoms. The molecule has 0 spiro atoms. The van der Waals surface area contributed by atoms with E-state index in [-0.39, 0.29) is 5.84 Å². The summed E-state index contributed by atoms with van der Waals surface area (Å²) in [5, 5.41) is 12.7. The topological polar surface area (TPSA) is 87.3 Å². The van der Waals surface area contributed by atoms with Gasteiger partial charge < -0.3 is 15.9 Å². The highest BCUT2D eigenvalue weighted by Gasteiger charge is 2.11. The molecule has 0 aliphatic carbocycles. The van der Waals surface area contributed by atoms with E-state index < -0.39 is 0 Å². The number of benzene rings is 2. The fourth-order valence-corrected chi connectivity index (χ4v) is 3.42. The Labute approximate surface area is 133 Å². The lowest BCUT2D eigenvalue weighted by atomic mass is 10.2. The SMILES string of the molecule is N/C(=N/O)c1ccc(Br)cc1Sc1nc2ccccc2[nH]1. The van der Waals surface area contributed by atoms with Crippen LogP contribution in [0.5, 0.6) is 0 Å². The molecule has 5 nitrogen and oxygen atoms in total. The van der Waals surface area contributed by atoms with Crippen molar-refractivity contribution in [2.75, 3.05) is 0 Å². The van der Waals surface area contributed by atoms with Gasteiger partial charge in [0.25, 0.3) is 0 Å². The Morgan fingerprint density at radius 2 is 2.10 bits per heavy atom.